The van der Waals surface area contributed by atoms with Crippen LogP contribution < -0.4 is 0 Å². The maximum absolute atomic E-state index is 4.40. The Morgan fingerprint density at radius 1 is 1.39 bits per heavy atom. The van der Waals surface area contributed by atoms with Crippen LogP contribution in [0.2, 0.25) is 0 Å². The molecule has 5 heteroatoms. The lowest BCUT2D eigenvalue weighted by atomic mass is 9.94. The Balaban J connectivity index is 2.00. The van der Waals surface area contributed by atoms with Gasteiger partial charge in [0.15, 0.2) is 0 Å². The van der Waals surface area contributed by atoms with Gasteiger partial charge in [-0.1, -0.05) is 35.2 Å². The first kappa shape index (κ1) is 14.0. The SMILES string of the molecule is CCn1ncnc1CN(CCBr)C1CCCCC1. The molecule has 1 aliphatic carbocycles. The van der Waals surface area contributed by atoms with Crippen LogP contribution in [0.25, 0.3) is 0 Å². The highest BCUT2D eigenvalue weighted by Crippen LogP contribution is 2.23. The fourth-order valence-corrected chi connectivity index (χ4v) is 3.26. The molecule has 0 saturated heterocycles. The van der Waals surface area contributed by atoms with Crippen LogP contribution in [0.15, 0.2) is 6.33 Å². The zero-order valence-electron chi connectivity index (χ0n) is 11.2. The summed E-state index contributed by atoms with van der Waals surface area (Å²) < 4.78 is 2.00. The highest BCUT2D eigenvalue weighted by Gasteiger charge is 2.22. The largest absolute Gasteiger partial charge is 0.292 e. The van der Waals surface area contributed by atoms with Gasteiger partial charge in [0.05, 0.1) is 6.54 Å². The van der Waals surface area contributed by atoms with Gasteiger partial charge in [-0.15, -0.1) is 0 Å². The van der Waals surface area contributed by atoms with Gasteiger partial charge in [0, 0.05) is 24.5 Å². The summed E-state index contributed by atoms with van der Waals surface area (Å²) in [6.07, 6.45) is 8.52. The smallest absolute Gasteiger partial charge is 0.141 e. The van der Waals surface area contributed by atoms with Crippen molar-refractivity contribution in [3.05, 3.63) is 12.2 Å². The van der Waals surface area contributed by atoms with Crippen molar-refractivity contribution in [3.63, 3.8) is 0 Å². The van der Waals surface area contributed by atoms with E-state index < -0.39 is 0 Å². The van der Waals surface area contributed by atoms with Crippen LogP contribution in [-0.4, -0.2) is 37.6 Å². The van der Waals surface area contributed by atoms with Crippen molar-refractivity contribution in [2.75, 3.05) is 11.9 Å². The zero-order valence-corrected chi connectivity index (χ0v) is 12.8. The van der Waals surface area contributed by atoms with Crippen LogP contribution in [0.1, 0.15) is 44.9 Å². The van der Waals surface area contributed by atoms with Crippen molar-refractivity contribution < 1.29 is 0 Å². The van der Waals surface area contributed by atoms with E-state index in [-0.39, 0.29) is 0 Å². The van der Waals surface area contributed by atoms with E-state index in [0.717, 1.165) is 36.8 Å². The molecule has 0 unspecified atom stereocenters. The molecule has 1 saturated carbocycles. The highest BCUT2D eigenvalue weighted by molar-refractivity contribution is 9.09. The molecular weight excluding hydrogens is 292 g/mol. The van der Waals surface area contributed by atoms with Crippen LogP contribution in [-0.2, 0) is 13.1 Å². The molecule has 1 aliphatic rings. The molecule has 102 valence electrons. The van der Waals surface area contributed by atoms with E-state index in [9.17, 15) is 0 Å². The fraction of sp³-hybridized carbons (Fsp3) is 0.846. The van der Waals surface area contributed by atoms with E-state index in [1.54, 1.807) is 6.33 Å². The lowest BCUT2D eigenvalue weighted by molar-refractivity contribution is 0.152. The first-order valence-electron chi connectivity index (χ1n) is 7.01. The second-order valence-corrected chi connectivity index (χ2v) is 5.74. The maximum atomic E-state index is 4.40. The van der Waals surface area contributed by atoms with Crippen molar-refractivity contribution >= 4 is 15.9 Å². The standard InChI is InChI=1S/C13H23BrN4/c1-2-18-13(15-11-16-18)10-17(9-8-14)12-6-4-3-5-7-12/h11-12H,2-10H2,1H3. The molecule has 0 N–H and O–H groups in total. The Bertz CT molecular complexity index is 347. The third-order valence-electron chi connectivity index (χ3n) is 3.80. The second-order valence-electron chi connectivity index (χ2n) is 4.94. The molecule has 0 aliphatic heterocycles. The molecule has 18 heavy (non-hydrogen) atoms. The minimum atomic E-state index is 0.735. The lowest BCUT2D eigenvalue weighted by Gasteiger charge is -2.33. The van der Waals surface area contributed by atoms with Crippen LogP contribution in [0.5, 0.6) is 0 Å². The Kier molecular flexibility index (Phi) is 5.63. The molecule has 2 rings (SSSR count). The number of alkyl halides is 1. The predicted molar refractivity (Wildman–Crippen MR) is 76.8 cm³/mol. The van der Waals surface area contributed by atoms with Crippen LogP contribution in [0, 0.1) is 0 Å². The van der Waals surface area contributed by atoms with Crippen LogP contribution in [0.3, 0.4) is 0 Å². The molecule has 0 spiro atoms. The van der Waals surface area contributed by atoms with Gasteiger partial charge in [0.25, 0.3) is 0 Å². The highest BCUT2D eigenvalue weighted by atomic mass is 79.9. The van der Waals surface area contributed by atoms with Gasteiger partial charge < -0.3 is 0 Å². The summed E-state index contributed by atoms with van der Waals surface area (Å²) in [6, 6.07) is 0.735. The van der Waals surface area contributed by atoms with Gasteiger partial charge in [-0.25, -0.2) is 9.67 Å². The van der Waals surface area contributed by atoms with Crippen LogP contribution in [0.4, 0.5) is 0 Å². The average molecular weight is 315 g/mol. The number of hydrogen-bond acceptors (Lipinski definition) is 3. The maximum Gasteiger partial charge on any atom is 0.141 e. The van der Waals surface area contributed by atoms with Crippen LogP contribution >= 0.6 is 15.9 Å². The molecule has 1 aromatic rings. The Hall–Kier alpha value is -0.420. The summed E-state index contributed by atoms with van der Waals surface area (Å²) in [6.45, 7) is 5.06. The third kappa shape index (κ3) is 3.54. The van der Waals surface area contributed by atoms with Crippen molar-refractivity contribution in [3.8, 4) is 0 Å². The molecule has 1 fully saturated rings. The summed E-state index contributed by atoms with van der Waals surface area (Å²) in [4.78, 5) is 6.97. The quantitative estimate of drug-likeness (QED) is 0.757. The van der Waals surface area contributed by atoms with Crippen molar-refractivity contribution in [1.29, 1.82) is 0 Å². The predicted octanol–water partition coefficient (Wildman–Crippen LogP) is 2.83. The molecule has 0 atom stereocenters. The molecule has 0 aromatic carbocycles. The summed E-state index contributed by atoms with van der Waals surface area (Å²) in [7, 11) is 0. The van der Waals surface area contributed by atoms with Gasteiger partial charge >= 0.3 is 0 Å². The number of aromatic nitrogens is 3. The van der Waals surface area contributed by atoms with Crippen molar-refractivity contribution in [1.82, 2.24) is 19.7 Å². The minimum absolute atomic E-state index is 0.735. The fourth-order valence-electron chi connectivity index (χ4n) is 2.80. The molecule has 0 amide bonds. The molecule has 1 aromatic heterocycles. The van der Waals surface area contributed by atoms with Gasteiger partial charge in [0.1, 0.15) is 12.2 Å². The van der Waals surface area contributed by atoms with E-state index in [0.29, 0.717) is 0 Å². The minimum Gasteiger partial charge on any atom is -0.292 e. The topological polar surface area (TPSA) is 34.0 Å². The number of aryl methyl sites for hydroxylation is 1. The van der Waals surface area contributed by atoms with E-state index >= 15 is 0 Å². The van der Waals surface area contributed by atoms with E-state index in [2.05, 4.69) is 37.8 Å². The summed E-state index contributed by atoms with van der Waals surface area (Å²) in [5.74, 6) is 1.10. The summed E-state index contributed by atoms with van der Waals surface area (Å²) in [5.41, 5.74) is 0. The Labute approximate surface area is 118 Å². The van der Waals surface area contributed by atoms with Crippen molar-refractivity contribution in [2.24, 2.45) is 0 Å². The van der Waals surface area contributed by atoms with Gasteiger partial charge in [-0.2, -0.15) is 5.10 Å². The molecule has 1 heterocycles. The Morgan fingerprint density at radius 3 is 2.83 bits per heavy atom. The van der Waals surface area contributed by atoms with E-state index in [1.807, 2.05) is 4.68 Å². The second kappa shape index (κ2) is 7.24. The monoisotopic (exact) mass is 314 g/mol. The summed E-state index contributed by atoms with van der Waals surface area (Å²) >= 11 is 3.57. The zero-order chi connectivity index (χ0) is 12.8. The normalized spacial score (nSPS) is 17.5. The molecule has 0 radical (unpaired) electrons. The first-order valence-corrected chi connectivity index (χ1v) is 8.14. The summed E-state index contributed by atoms with van der Waals surface area (Å²) in [5, 5.41) is 5.29. The molecule has 4 nitrogen and oxygen atoms in total. The van der Waals surface area contributed by atoms with Gasteiger partial charge in [0.2, 0.25) is 0 Å². The Morgan fingerprint density at radius 2 is 2.17 bits per heavy atom. The molecule has 0 bridgehead atoms. The number of hydrogen-bond donors (Lipinski definition) is 0. The first-order chi connectivity index (χ1) is 8.85. The average Bonchev–Trinajstić information content (AvgIpc) is 2.86. The lowest BCUT2D eigenvalue weighted by Crippen LogP contribution is -2.38. The third-order valence-corrected chi connectivity index (χ3v) is 4.16. The number of nitrogens with zero attached hydrogens (tertiary/aromatic N) is 4. The number of halogens is 1. The van der Waals surface area contributed by atoms with Crippen molar-refractivity contribution in [2.45, 2.75) is 58.2 Å². The number of rotatable bonds is 6. The van der Waals surface area contributed by atoms with Gasteiger partial charge in [-0.3, -0.25) is 4.90 Å². The van der Waals surface area contributed by atoms with Gasteiger partial charge in [-0.05, 0) is 19.8 Å². The molecular formula is C13H23BrN4. The van der Waals surface area contributed by atoms with E-state index in [1.165, 1.54) is 32.1 Å². The van der Waals surface area contributed by atoms with E-state index in [4.69, 9.17) is 0 Å².